The number of benzene rings is 3. The molecule has 3 aromatic carbocycles. The summed E-state index contributed by atoms with van der Waals surface area (Å²) in [5.74, 6) is -0.662. The van der Waals surface area contributed by atoms with Gasteiger partial charge in [-0.05, 0) is 23.3 Å². The first-order valence-electron chi connectivity index (χ1n) is 11.4. The molecule has 0 bridgehead atoms. The van der Waals surface area contributed by atoms with Crippen LogP contribution >= 0.6 is 11.8 Å². The van der Waals surface area contributed by atoms with Gasteiger partial charge in [0.05, 0.1) is 26.4 Å². The summed E-state index contributed by atoms with van der Waals surface area (Å²) in [6.45, 7) is 2.79. The van der Waals surface area contributed by atoms with Gasteiger partial charge in [-0.1, -0.05) is 97.5 Å². The summed E-state index contributed by atoms with van der Waals surface area (Å²) in [5.41, 5.74) is 1.67. The second-order valence-electron chi connectivity index (χ2n) is 8.26. The lowest BCUT2D eigenvalue weighted by molar-refractivity contribution is -0.217. The molecule has 1 aliphatic rings. The number of hydrogen-bond acceptors (Lipinski definition) is 6. The maximum absolute atomic E-state index is 12.6. The van der Waals surface area contributed by atoms with Crippen LogP contribution in [0.4, 0.5) is 0 Å². The number of carbonyl (C=O) groups excluding carboxylic acids is 1. The van der Waals surface area contributed by atoms with Crippen molar-refractivity contribution in [2.75, 3.05) is 7.11 Å². The summed E-state index contributed by atoms with van der Waals surface area (Å²) >= 11 is 1.53. The predicted octanol–water partition coefficient (Wildman–Crippen LogP) is 5.48. The summed E-state index contributed by atoms with van der Waals surface area (Å²) in [4.78, 5) is 13.7. The van der Waals surface area contributed by atoms with Gasteiger partial charge in [0, 0.05) is 10.8 Å². The standard InChI is InChI=1S/C28H30O5S/c1-20-24(31-18-21-12-6-3-7-13-21)26(32-19-22-14-8-4-9-15-22)28(33-25(20)27(29)30-2)34-23-16-10-5-11-17-23/h3-17,20,24-26,28H,18-19H2,1-2H3/t20-,24+,25?,26?,28+/m1/s1. The van der Waals surface area contributed by atoms with Crippen LogP contribution in [0.3, 0.4) is 0 Å². The van der Waals surface area contributed by atoms with E-state index in [1.54, 1.807) is 0 Å². The molecule has 0 aliphatic carbocycles. The predicted molar refractivity (Wildman–Crippen MR) is 132 cm³/mol. The van der Waals surface area contributed by atoms with E-state index in [0.717, 1.165) is 16.0 Å². The first-order valence-corrected chi connectivity index (χ1v) is 12.3. The van der Waals surface area contributed by atoms with Crippen LogP contribution in [0.1, 0.15) is 18.1 Å². The summed E-state index contributed by atoms with van der Waals surface area (Å²) in [5, 5.41) is 0. The molecule has 0 saturated carbocycles. The monoisotopic (exact) mass is 478 g/mol. The Morgan fingerprint density at radius 3 is 1.82 bits per heavy atom. The highest BCUT2D eigenvalue weighted by Crippen LogP contribution is 2.39. The van der Waals surface area contributed by atoms with Gasteiger partial charge in [-0.15, -0.1) is 0 Å². The summed E-state index contributed by atoms with van der Waals surface area (Å²) in [6, 6.07) is 30.0. The van der Waals surface area contributed by atoms with Crippen LogP contribution in [-0.2, 0) is 37.0 Å². The molecule has 178 valence electrons. The van der Waals surface area contributed by atoms with Gasteiger partial charge >= 0.3 is 5.97 Å². The Hall–Kier alpha value is -2.64. The van der Waals surface area contributed by atoms with Crippen molar-refractivity contribution in [1.82, 2.24) is 0 Å². The van der Waals surface area contributed by atoms with Crippen LogP contribution in [0.15, 0.2) is 95.9 Å². The fraction of sp³-hybridized carbons (Fsp3) is 0.321. The van der Waals surface area contributed by atoms with Crippen LogP contribution < -0.4 is 0 Å². The third kappa shape index (κ3) is 6.27. The van der Waals surface area contributed by atoms with Crippen molar-refractivity contribution in [3.05, 3.63) is 102 Å². The van der Waals surface area contributed by atoms with Gasteiger partial charge < -0.3 is 18.9 Å². The molecule has 3 aromatic rings. The number of carbonyl (C=O) groups is 1. The molecule has 1 fully saturated rings. The van der Waals surface area contributed by atoms with E-state index in [4.69, 9.17) is 18.9 Å². The number of methoxy groups -OCH3 is 1. The van der Waals surface area contributed by atoms with Crippen LogP contribution in [0.25, 0.3) is 0 Å². The highest BCUT2D eigenvalue weighted by molar-refractivity contribution is 7.99. The Morgan fingerprint density at radius 1 is 0.794 bits per heavy atom. The molecule has 1 heterocycles. The number of esters is 1. The molecule has 1 aliphatic heterocycles. The minimum Gasteiger partial charge on any atom is -0.467 e. The average Bonchev–Trinajstić information content (AvgIpc) is 2.89. The number of rotatable bonds is 9. The molecular weight excluding hydrogens is 448 g/mol. The van der Waals surface area contributed by atoms with E-state index < -0.39 is 23.6 Å². The molecule has 5 atom stereocenters. The lowest BCUT2D eigenvalue weighted by atomic mass is 9.90. The van der Waals surface area contributed by atoms with Crippen LogP contribution in [0.5, 0.6) is 0 Å². The minimum atomic E-state index is -0.747. The molecule has 0 spiro atoms. The van der Waals surface area contributed by atoms with Gasteiger partial charge in [0.1, 0.15) is 11.5 Å². The molecule has 6 heteroatoms. The van der Waals surface area contributed by atoms with E-state index in [1.807, 2.05) is 97.9 Å². The Bertz CT molecular complexity index is 1010. The van der Waals surface area contributed by atoms with E-state index in [-0.39, 0.29) is 12.0 Å². The summed E-state index contributed by atoms with van der Waals surface area (Å²) in [7, 11) is 1.38. The Kier molecular flexibility index (Phi) is 8.77. The molecule has 2 unspecified atom stereocenters. The van der Waals surface area contributed by atoms with Gasteiger partial charge in [0.15, 0.2) is 6.10 Å². The minimum absolute atomic E-state index is 0.260. The van der Waals surface area contributed by atoms with E-state index in [2.05, 4.69) is 0 Å². The third-order valence-corrected chi connectivity index (χ3v) is 7.02. The highest BCUT2D eigenvalue weighted by atomic mass is 32.2. The molecule has 34 heavy (non-hydrogen) atoms. The summed E-state index contributed by atoms with van der Waals surface area (Å²) in [6.07, 6.45) is -1.52. The zero-order valence-electron chi connectivity index (χ0n) is 19.4. The van der Waals surface area contributed by atoms with E-state index in [9.17, 15) is 4.79 Å². The number of ether oxygens (including phenoxy) is 4. The lowest BCUT2D eigenvalue weighted by Gasteiger charge is -2.44. The Morgan fingerprint density at radius 2 is 1.29 bits per heavy atom. The maximum atomic E-state index is 12.6. The SMILES string of the molecule is COC(=O)C1O[C@@H](Sc2ccccc2)C(OCc2ccccc2)[C@@H](OCc2ccccc2)[C@H]1C. The van der Waals surface area contributed by atoms with Crippen molar-refractivity contribution in [2.45, 2.75) is 48.8 Å². The van der Waals surface area contributed by atoms with Crippen LogP contribution in [0.2, 0.25) is 0 Å². The zero-order chi connectivity index (χ0) is 23.8. The van der Waals surface area contributed by atoms with Gasteiger partial charge in [0.25, 0.3) is 0 Å². The largest absolute Gasteiger partial charge is 0.467 e. The fourth-order valence-corrected chi connectivity index (χ4v) is 5.17. The van der Waals surface area contributed by atoms with Crippen molar-refractivity contribution in [3.63, 3.8) is 0 Å². The highest BCUT2D eigenvalue weighted by Gasteiger charge is 2.48. The molecule has 0 N–H and O–H groups in total. The molecule has 5 nitrogen and oxygen atoms in total. The molecule has 4 rings (SSSR count). The van der Waals surface area contributed by atoms with Crippen molar-refractivity contribution in [3.8, 4) is 0 Å². The van der Waals surface area contributed by atoms with Crippen molar-refractivity contribution >= 4 is 17.7 Å². The lowest BCUT2D eigenvalue weighted by Crippen LogP contribution is -2.56. The second kappa shape index (κ2) is 12.2. The molecular formula is C28H30O5S. The first-order chi connectivity index (χ1) is 16.7. The third-order valence-electron chi connectivity index (χ3n) is 5.87. The fourth-order valence-electron chi connectivity index (χ4n) is 4.04. The van der Waals surface area contributed by atoms with E-state index in [0.29, 0.717) is 13.2 Å². The quantitative estimate of drug-likeness (QED) is 0.380. The topological polar surface area (TPSA) is 54.0 Å². The van der Waals surface area contributed by atoms with Gasteiger partial charge in [-0.2, -0.15) is 0 Å². The first kappa shape index (κ1) is 24.5. The van der Waals surface area contributed by atoms with Crippen LogP contribution in [0, 0.1) is 5.92 Å². The molecule has 1 saturated heterocycles. The maximum Gasteiger partial charge on any atom is 0.335 e. The van der Waals surface area contributed by atoms with Crippen molar-refractivity contribution in [2.24, 2.45) is 5.92 Å². The zero-order valence-corrected chi connectivity index (χ0v) is 20.2. The number of thioether (sulfide) groups is 1. The van der Waals surface area contributed by atoms with Gasteiger partial charge in [-0.3, -0.25) is 0 Å². The normalized spacial score (nSPS) is 24.5. The second-order valence-corrected chi connectivity index (χ2v) is 9.43. The van der Waals surface area contributed by atoms with E-state index >= 15 is 0 Å². The molecule has 0 aromatic heterocycles. The molecule has 0 radical (unpaired) electrons. The average molecular weight is 479 g/mol. The smallest absolute Gasteiger partial charge is 0.335 e. The van der Waals surface area contributed by atoms with Crippen LogP contribution in [-0.4, -0.2) is 36.8 Å². The summed E-state index contributed by atoms with van der Waals surface area (Å²) < 4.78 is 24.3. The molecule has 0 amide bonds. The van der Waals surface area contributed by atoms with E-state index in [1.165, 1.54) is 18.9 Å². The van der Waals surface area contributed by atoms with Gasteiger partial charge in [-0.25, -0.2) is 4.79 Å². The van der Waals surface area contributed by atoms with Crippen molar-refractivity contribution in [1.29, 1.82) is 0 Å². The van der Waals surface area contributed by atoms with Crippen molar-refractivity contribution < 1.29 is 23.7 Å². The Balaban J connectivity index is 1.61. The van der Waals surface area contributed by atoms with Gasteiger partial charge in [0.2, 0.25) is 0 Å². The number of hydrogen-bond donors (Lipinski definition) is 0. The Labute approximate surface area is 205 Å².